The van der Waals surface area contributed by atoms with Crippen molar-refractivity contribution in [2.45, 2.75) is 30.7 Å². The van der Waals surface area contributed by atoms with Gasteiger partial charge < -0.3 is 20.4 Å². The first-order valence-electron chi connectivity index (χ1n) is 12.2. The van der Waals surface area contributed by atoms with E-state index in [1.54, 1.807) is 0 Å². The standard InChI is InChI=1S/C27H27F4N5O2/c1-35-15-19(24(34-26(35)38)17-3-6-21(29)23(31)13-17)25(37)33-9-2-10-36-11-7-27(16-32,8-12-36)20-5-4-18(28)14-22(20)30/h3-6,13-15,24H,2,7-12H2,1H3,(H,33,37)(H,34,38). The topological polar surface area (TPSA) is 88.5 Å². The van der Waals surface area contributed by atoms with Crippen LogP contribution in [0.25, 0.3) is 0 Å². The summed E-state index contributed by atoms with van der Waals surface area (Å²) in [6.45, 7) is 2.01. The maximum atomic E-state index is 14.3. The Kier molecular flexibility index (Phi) is 8.02. The molecule has 1 atom stereocenters. The highest BCUT2D eigenvalue weighted by atomic mass is 19.2. The minimum Gasteiger partial charge on any atom is -0.352 e. The van der Waals surface area contributed by atoms with Gasteiger partial charge in [-0.2, -0.15) is 5.26 Å². The highest BCUT2D eigenvalue weighted by Gasteiger charge is 2.38. The molecule has 0 spiro atoms. The summed E-state index contributed by atoms with van der Waals surface area (Å²) >= 11 is 0. The number of nitrogens with zero attached hydrogens (tertiary/aromatic N) is 3. The van der Waals surface area contributed by atoms with Crippen LogP contribution in [0.4, 0.5) is 22.4 Å². The van der Waals surface area contributed by atoms with E-state index in [1.807, 2.05) is 0 Å². The number of hydrogen-bond donors (Lipinski definition) is 2. The molecule has 2 aromatic rings. The predicted octanol–water partition coefficient (Wildman–Crippen LogP) is 3.89. The largest absolute Gasteiger partial charge is 0.352 e. The van der Waals surface area contributed by atoms with E-state index in [4.69, 9.17) is 0 Å². The Morgan fingerprint density at radius 3 is 2.50 bits per heavy atom. The van der Waals surface area contributed by atoms with Crippen LogP contribution in [-0.2, 0) is 10.2 Å². The van der Waals surface area contributed by atoms with Crippen molar-refractivity contribution in [3.05, 3.63) is 82.6 Å². The number of carbonyl (C=O) groups is 2. The number of hydrogen-bond acceptors (Lipinski definition) is 4. The highest BCUT2D eigenvalue weighted by molar-refractivity contribution is 5.97. The van der Waals surface area contributed by atoms with E-state index in [9.17, 15) is 32.4 Å². The monoisotopic (exact) mass is 529 g/mol. The lowest BCUT2D eigenvalue weighted by Gasteiger charge is -2.37. The second-order valence-electron chi connectivity index (χ2n) is 9.52. The molecule has 7 nitrogen and oxygen atoms in total. The normalized spacial score (nSPS) is 19.4. The van der Waals surface area contributed by atoms with Gasteiger partial charge in [0.15, 0.2) is 11.6 Å². The second kappa shape index (κ2) is 11.2. The SMILES string of the molecule is CN1C=C(C(=O)NCCCN2CCC(C#N)(c3ccc(F)cc3F)CC2)C(c2ccc(F)c(F)c2)NC1=O. The second-order valence-corrected chi connectivity index (χ2v) is 9.52. The van der Waals surface area contributed by atoms with Crippen molar-refractivity contribution in [1.29, 1.82) is 5.26 Å². The van der Waals surface area contributed by atoms with Crippen molar-refractivity contribution in [1.82, 2.24) is 20.4 Å². The molecule has 200 valence electrons. The molecule has 3 amide bonds. The Hall–Kier alpha value is -3.91. The van der Waals surface area contributed by atoms with E-state index in [1.165, 1.54) is 30.3 Å². The molecule has 0 radical (unpaired) electrons. The Balaban J connectivity index is 1.31. The minimum atomic E-state index is -1.08. The molecule has 2 N–H and O–H groups in total. The lowest BCUT2D eigenvalue weighted by Crippen LogP contribution is -2.46. The van der Waals surface area contributed by atoms with Crippen LogP contribution in [0, 0.1) is 34.6 Å². The lowest BCUT2D eigenvalue weighted by molar-refractivity contribution is -0.118. The number of urea groups is 1. The van der Waals surface area contributed by atoms with E-state index >= 15 is 0 Å². The van der Waals surface area contributed by atoms with Gasteiger partial charge in [-0.15, -0.1) is 0 Å². The summed E-state index contributed by atoms with van der Waals surface area (Å²) in [6.07, 6.45) is 2.74. The lowest BCUT2D eigenvalue weighted by atomic mass is 9.73. The number of nitriles is 1. The number of amides is 3. The molecule has 1 saturated heterocycles. The van der Waals surface area contributed by atoms with E-state index in [2.05, 4.69) is 21.6 Å². The molecule has 2 aliphatic rings. The third-order valence-corrected chi connectivity index (χ3v) is 7.08. The zero-order valence-corrected chi connectivity index (χ0v) is 20.7. The van der Waals surface area contributed by atoms with Crippen molar-refractivity contribution in [2.75, 3.05) is 33.2 Å². The van der Waals surface area contributed by atoms with Gasteiger partial charge in [0.05, 0.1) is 23.1 Å². The summed E-state index contributed by atoms with van der Waals surface area (Å²) in [5.41, 5.74) is -0.391. The number of nitrogens with one attached hydrogen (secondary N) is 2. The average molecular weight is 530 g/mol. The molecule has 0 bridgehead atoms. The number of halogens is 4. The average Bonchev–Trinajstić information content (AvgIpc) is 2.90. The maximum absolute atomic E-state index is 14.3. The first-order valence-corrected chi connectivity index (χ1v) is 12.2. The first-order chi connectivity index (χ1) is 18.1. The molecule has 0 saturated carbocycles. The van der Waals surface area contributed by atoms with Crippen LogP contribution in [-0.4, -0.2) is 55.0 Å². The van der Waals surface area contributed by atoms with Gasteiger partial charge in [-0.05, 0) is 62.7 Å². The van der Waals surface area contributed by atoms with Gasteiger partial charge in [-0.3, -0.25) is 4.79 Å². The fourth-order valence-electron chi connectivity index (χ4n) is 4.87. The van der Waals surface area contributed by atoms with Crippen molar-refractivity contribution < 1.29 is 27.2 Å². The molecular weight excluding hydrogens is 502 g/mol. The molecule has 38 heavy (non-hydrogen) atoms. The van der Waals surface area contributed by atoms with Crippen LogP contribution in [0.2, 0.25) is 0 Å². The van der Waals surface area contributed by atoms with Gasteiger partial charge >= 0.3 is 6.03 Å². The summed E-state index contributed by atoms with van der Waals surface area (Å²) < 4.78 is 54.8. The first kappa shape index (κ1) is 27.1. The fourth-order valence-corrected chi connectivity index (χ4v) is 4.87. The molecule has 0 aliphatic carbocycles. The van der Waals surface area contributed by atoms with Gasteiger partial charge in [0.2, 0.25) is 0 Å². The van der Waals surface area contributed by atoms with E-state index in [0.717, 1.165) is 24.3 Å². The fraction of sp³-hybridized carbons (Fsp3) is 0.370. The van der Waals surface area contributed by atoms with Crippen molar-refractivity contribution in [3.63, 3.8) is 0 Å². The molecule has 2 aliphatic heterocycles. The third kappa shape index (κ3) is 5.65. The number of carbonyl (C=O) groups excluding carboxylic acids is 2. The molecule has 0 aromatic heterocycles. The zero-order chi connectivity index (χ0) is 27.4. The minimum absolute atomic E-state index is 0.177. The van der Waals surface area contributed by atoms with Gasteiger partial charge in [0.1, 0.15) is 11.6 Å². The molecule has 2 heterocycles. The Morgan fingerprint density at radius 1 is 1.11 bits per heavy atom. The smallest absolute Gasteiger partial charge is 0.321 e. The van der Waals surface area contributed by atoms with E-state index in [0.29, 0.717) is 45.4 Å². The van der Waals surface area contributed by atoms with E-state index in [-0.39, 0.29) is 16.7 Å². The number of piperidine rings is 1. The van der Waals surface area contributed by atoms with Crippen LogP contribution in [0.15, 0.2) is 48.2 Å². The quantitative estimate of drug-likeness (QED) is 0.421. The Labute approximate surface area is 217 Å². The molecule has 2 aromatic carbocycles. The zero-order valence-electron chi connectivity index (χ0n) is 20.7. The van der Waals surface area contributed by atoms with E-state index < -0.39 is 46.7 Å². The van der Waals surface area contributed by atoms with Crippen LogP contribution in [0.5, 0.6) is 0 Å². The molecule has 4 rings (SSSR count). The number of benzene rings is 2. The predicted molar refractivity (Wildman–Crippen MR) is 130 cm³/mol. The Morgan fingerprint density at radius 2 is 1.84 bits per heavy atom. The molecule has 1 fully saturated rings. The van der Waals surface area contributed by atoms with Crippen molar-refractivity contribution in [2.24, 2.45) is 0 Å². The van der Waals surface area contributed by atoms with Crippen LogP contribution in [0.1, 0.15) is 36.4 Å². The van der Waals surface area contributed by atoms with Crippen molar-refractivity contribution in [3.8, 4) is 6.07 Å². The number of likely N-dealkylation sites (tertiary alicyclic amines) is 1. The third-order valence-electron chi connectivity index (χ3n) is 7.08. The Bertz CT molecular complexity index is 1300. The molecule has 11 heteroatoms. The van der Waals surface area contributed by atoms with Gasteiger partial charge in [-0.1, -0.05) is 12.1 Å². The molecule has 1 unspecified atom stereocenters. The maximum Gasteiger partial charge on any atom is 0.321 e. The van der Waals surface area contributed by atoms with Gasteiger partial charge in [0.25, 0.3) is 5.91 Å². The van der Waals surface area contributed by atoms with Gasteiger partial charge in [-0.25, -0.2) is 22.4 Å². The van der Waals surface area contributed by atoms with Crippen LogP contribution < -0.4 is 10.6 Å². The van der Waals surface area contributed by atoms with Crippen molar-refractivity contribution >= 4 is 11.9 Å². The highest BCUT2D eigenvalue weighted by Crippen LogP contribution is 2.36. The summed E-state index contributed by atoms with van der Waals surface area (Å²) in [4.78, 5) is 28.4. The summed E-state index contributed by atoms with van der Waals surface area (Å²) in [5.74, 6) is -3.98. The summed E-state index contributed by atoms with van der Waals surface area (Å²) in [7, 11) is 1.47. The van der Waals surface area contributed by atoms with Gasteiger partial charge in [0, 0.05) is 31.4 Å². The summed E-state index contributed by atoms with van der Waals surface area (Å²) in [6, 6.07) is 7.30. The summed E-state index contributed by atoms with van der Waals surface area (Å²) in [5, 5.41) is 15.2. The molecular formula is C27H27F4N5O2. The number of rotatable bonds is 7. The van der Waals surface area contributed by atoms with Crippen LogP contribution >= 0.6 is 0 Å². The van der Waals surface area contributed by atoms with Crippen LogP contribution in [0.3, 0.4) is 0 Å².